The van der Waals surface area contributed by atoms with Gasteiger partial charge in [-0.1, -0.05) is 6.07 Å². The van der Waals surface area contributed by atoms with Crippen molar-refractivity contribution in [3.05, 3.63) is 42.8 Å². The van der Waals surface area contributed by atoms with Crippen molar-refractivity contribution in [2.75, 3.05) is 52.4 Å². The minimum Gasteiger partial charge on any atom is -0.356 e. The molecule has 0 atom stereocenters. The van der Waals surface area contributed by atoms with Gasteiger partial charge >= 0.3 is 103 Å². The second kappa shape index (κ2) is 16.5. The van der Waals surface area contributed by atoms with E-state index < -0.39 is 0 Å². The number of aliphatic imine (C=N–C) groups is 2. The quantitative estimate of drug-likeness (QED) is 0.314. The van der Waals surface area contributed by atoms with Crippen LogP contribution in [0.5, 0.6) is 0 Å². The molecular formula is C21H33K2N6+. The Bertz CT molecular complexity index is 587. The summed E-state index contributed by atoms with van der Waals surface area (Å²) in [7, 11) is 0. The Morgan fingerprint density at radius 1 is 0.690 bits per heavy atom. The Kier molecular flexibility index (Phi) is 15.9. The average molecular weight is 448 g/mol. The van der Waals surface area contributed by atoms with Gasteiger partial charge in [-0.2, -0.15) is 24.6 Å². The van der Waals surface area contributed by atoms with Gasteiger partial charge in [-0.15, -0.1) is 12.1 Å². The maximum Gasteiger partial charge on any atom is 1.00 e. The number of nitrogens with zero attached hydrogens (tertiary/aromatic N) is 4. The minimum atomic E-state index is 0. The van der Waals surface area contributed by atoms with Crippen molar-refractivity contribution in [3.8, 4) is 0 Å². The molecule has 2 saturated heterocycles. The Morgan fingerprint density at radius 3 is 1.52 bits per heavy atom. The van der Waals surface area contributed by atoms with Crippen molar-refractivity contribution in [1.82, 2.24) is 20.4 Å². The second-order valence-electron chi connectivity index (χ2n) is 7.14. The third-order valence-electron chi connectivity index (χ3n) is 4.91. The molecule has 0 saturated carbocycles. The molecule has 0 amide bonds. The van der Waals surface area contributed by atoms with Gasteiger partial charge < -0.3 is 20.4 Å². The van der Waals surface area contributed by atoms with E-state index in [1.165, 1.54) is 51.9 Å². The van der Waals surface area contributed by atoms with Gasteiger partial charge in [0.05, 0.1) is 0 Å². The maximum atomic E-state index is 4.38. The normalized spacial score (nSPS) is 19.2. The summed E-state index contributed by atoms with van der Waals surface area (Å²) >= 11 is 0. The molecule has 5 rings (SSSR count). The van der Waals surface area contributed by atoms with E-state index >= 15 is 0 Å². The molecule has 1 aromatic rings. The van der Waals surface area contributed by atoms with E-state index in [0.717, 1.165) is 43.7 Å². The van der Waals surface area contributed by atoms with Gasteiger partial charge in [0.1, 0.15) is 0 Å². The van der Waals surface area contributed by atoms with Crippen LogP contribution in [0.25, 0.3) is 0 Å². The van der Waals surface area contributed by atoms with Crippen LogP contribution in [0.1, 0.15) is 31.2 Å². The molecule has 4 heterocycles. The van der Waals surface area contributed by atoms with Crippen molar-refractivity contribution >= 4 is 11.9 Å². The first-order chi connectivity index (χ1) is 13.3. The molecular weight excluding hydrogens is 414 g/mol. The summed E-state index contributed by atoms with van der Waals surface area (Å²) in [5.74, 6) is 2.27. The minimum absolute atomic E-state index is 0. The van der Waals surface area contributed by atoms with Crippen LogP contribution in [0.3, 0.4) is 0 Å². The predicted octanol–water partition coefficient (Wildman–Crippen LogP) is -4.04. The summed E-state index contributed by atoms with van der Waals surface area (Å²) in [5, 5.41) is 6.59. The van der Waals surface area contributed by atoms with E-state index in [1.54, 1.807) is 0 Å². The molecule has 0 aromatic heterocycles. The Morgan fingerprint density at radius 2 is 1.14 bits per heavy atom. The summed E-state index contributed by atoms with van der Waals surface area (Å²) in [6, 6.07) is 9.87. The molecule has 0 spiro atoms. The molecule has 0 aliphatic carbocycles. The first kappa shape index (κ1) is 27.9. The monoisotopic (exact) mass is 447 g/mol. The molecule has 1 aromatic carbocycles. The van der Waals surface area contributed by atoms with E-state index in [4.69, 9.17) is 0 Å². The molecule has 29 heavy (non-hydrogen) atoms. The molecule has 2 fully saturated rings. The summed E-state index contributed by atoms with van der Waals surface area (Å²) in [5.41, 5.74) is 1.07. The Hall–Kier alpha value is 0.903. The molecule has 6 nitrogen and oxygen atoms in total. The summed E-state index contributed by atoms with van der Waals surface area (Å²) < 4.78 is 0. The number of nitrogens with one attached hydrogen (secondary N) is 2. The van der Waals surface area contributed by atoms with Crippen LogP contribution in [0.2, 0.25) is 0 Å². The fourth-order valence-electron chi connectivity index (χ4n) is 3.49. The maximum absolute atomic E-state index is 4.38. The van der Waals surface area contributed by atoms with Crippen molar-refractivity contribution in [1.29, 1.82) is 0 Å². The number of guanidine groups is 2. The largest absolute Gasteiger partial charge is 1.00 e. The molecule has 0 unspecified atom stereocenters. The molecule has 4 aliphatic rings. The van der Waals surface area contributed by atoms with Crippen LogP contribution in [-0.2, 0) is 0 Å². The summed E-state index contributed by atoms with van der Waals surface area (Å²) in [4.78, 5) is 13.4. The van der Waals surface area contributed by atoms with Crippen molar-refractivity contribution < 1.29 is 103 Å². The molecule has 0 bridgehead atoms. The SMILES string of the molecule is C1CN=C2NCCCN2C1.C1CN=C2NCCCN2C1.[CH2-]c1ccccc1.[K+].[K+]. The zero-order valence-electron chi connectivity index (χ0n) is 18.4. The zero-order valence-corrected chi connectivity index (χ0v) is 24.6. The van der Waals surface area contributed by atoms with Crippen LogP contribution in [0.15, 0.2) is 40.3 Å². The third kappa shape index (κ3) is 10.4. The number of hydrogen-bond donors (Lipinski definition) is 2. The van der Waals surface area contributed by atoms with Gasteiger partial charge in [0.25, 0.3) is 0 Å². The van der Waals surface area contributed by atoms with Crippen molar-refractivity contribution in [3.63, 3.8) is 0 Å². The Labute approximate surface area is 261 Å². The van der Waals surface area contributed by atoms with Crippen LogP contribution >= 0.6 is 0 Å². The first-order valence-electron chi connectivity index (χ1n) is 10.3. The van der Waals surface area contributed by atoms with Crippen molar-refractivity contribution in [2.45, 2.75) is 25.7 Å². The van der Waals surface area contributed by atoms with Gasteiger partial charge in [0, 0.05) is 52.4 Å². The molecule has 148 valence electrons. The third-order valence-corrected chi connectivity index (χ3v) is 4.91. The topological polar surface area (TPSA) is 55.3 Å². The standard InChI is InChI=1S/2C7H13N3.C7H7.2K/c2*1-3-8-7-9-4-2-6-10(7)5-1;1-7-5-3-2-4-6-7;;/h2*1-6H2,(H,8,9);2-6H,1H2;;/q;;-1;2*+1. The van der Waals surface area contributed by atoms with Crippen LogP contribution in [-0.4, -0.2) is 74.1 Å². The van der Waals surface area contributed by atoms with Gasteiger partial charge in [-0.05, 0) is 25.7 Å². The van der Waals surface area contributed by atoms with E-state index in [9.17, 15) is 0 Å². The van der Waals surface area contributed by atoms with Gasteiger partial charge in [0.15, 0.2) is 11.9 Å². The average Bonchev–Trinajstić information content (AvgIpc) is 2.75. The molecule has 8 heteroatoms. The van der Waals surface area contributed by atoms with E-state index in [1.807, 2.05) is 30.3 Å². The predicted molar refractivity (Wildman–Crippen MR) is 113 cm³/mol. The molecule has 4 aliphatic heterocycles. The van der Waals surface area contributed by atoms with Crippen LogP contribution in [0, 0.1) is 6.92 Å². The van der Waals surface area contributed by atoms with Crippen LogP contribution in [0.4, 0.5) is 0 Å². The summed E-state index contributed by atoms with van der Waals surface area (Å²) in [6.45, 7) is 12.8. The van der Waals surface area contributed by atoms with Gasteiger partial charge in [-0.25, -0.2) is 0 Å². The molecule has 0 radical (unpaired) electrons. The summed E-state index contributed by atoms with van der Waals surface area (Å²) in [6.07, 6.45) is 4.98. The first-order valence-corrected chi connectivity index (χ1v) is 10.3. The Balaban J connectivity index is 0.000000214. The molecule has 2 N–H and O–H groups in total. The number of rotatable bonds is 0. The number of benzene rings is 1. The smallest absolute Gasteiger partial charge is 0.356 e. The fourth-order valence-corrected chi connectivity index (χ4v) is 3.49. The number of fused-ring (bicyclic) bond motifs is 2. The second-order valence-corrected chi connectivity index (χ2v) is 7.14. The van der Waals surface area contributed by atoms with Crippen molar-refractivity contribution in [2.24, 2.45) is 9.98 Å². The van der Waals surface area contributed by atoms with E-state index in [0.29, 0.717) is 0 Å². The van der Waals surface area contributed by atoms with E-state index in [-0.39, 0.29) is 103 Å². The van der Waals surface area contributed by atoms with Gasteiger partial charge in [-0.3, -0.25) is 9.98 Å². The number of hydrogen-bond acceptors (Lipinski definition) is 6. The van der Waals surface area contributed by atoms with Crippen LogP contribution < -0.4 is 113 Å². The van der Waals surface area contributed by atoms with Gasteiger partial charge in [0.2, 0.25) is 0 Å². The van der Waals surface area contributed by atoms with E-state index in [2.05, 4.69) is 37.3 Å². The zero-order chi connectivity index (χ0) is 18.7. The fraction of sp³-hybridized carbons (Fsp3) is 0.571.